The molecule has 5 heteroatoms. The fraction of sp³-hybridized carbons (Fsp3) is 0.900. The fourth-order valence-corrected chi connectivity index (χ4v) is 2.57. The van der Waals surface area contributed by atoms with Crippen LogP contribution < -0.4 is 5.32 Å². The van der Waals surface area contributed by atoms with Crippen LogP contribution >= 0.6 is 23.0 Å². The number of nitrogens with one attached hydrogen (secondary N) is 1. The standard InChI is InChI=1S/C10H18INO3/c1-9(2)5-7(14-8(13)15-11)6-10(3,4)12-9/h7,12H,5-6H2,1-4H3. The first-order valence-electron chi connectivity index (χ1n) is 5.03. The van der Waals surface area contributed by atoms with E-state index in [9.17, 15) is 4.79 Å². The third-order valence-electron chi connectivity index (χ3n) is 2.48. The molecule has 1 aliphatic rings. The molecule has 0 unspecified atom stereocenters. The van der Waals surface area contributed by atoms with Crippen molar-refractivity contribution < 1.29 is 12.6 Å². The Labute approximate surface area is 105 Å². The highest BCUT2D eigenvalue weighted by atomic mass is 127. The molecule has 1 N–H and O–H groups in total. The third-order valence-corrected chi connectivity index (χ3v) is 2.84. The average molecular weight is 327 g/mol. The van der Waals surface area contributed by atoms with Crippen LogP contribution in [0, 0.1) is 0 Å². The molecule has 88 valence electrons. The van der Waals surface area contributed by atoms with Gasteiger partial charge in [-0.3, -0.25) is 0 Å². The summed E-state index contributed by atoms with van der Waals surface area (Å²) in [5.74, 6) is 0. The van der Waals surface area contributed by atoms with Crippen LogP contribution in [0.4, 0.5) is 4.79 Å². The molecule has 0 amide bonds. The zero-order chi connectivity index (χ0) is 11.7. The lowest BCUT2D eigenvalue weighted by atomic mass is 9.81. The van der Waals surface area contributed by atoms with E-state index in [-0.39, 0.29) is 17.2 Å². The van der Waals surface area contributed by atoms with Gasteiger partial charge in [0.25, 0.3) is 0 Å². The van der Waals surface area contributed by atoms with Crippen LogP contribution in [0.3, 0.4) is 0 Å². The van der Waals surface area contributed by atoms with Crippen LogP contribution in [0.25, 0.3) is 0 Å². The molecule has 0 aromatic rings. The van der Waals surface area contributed by atoms with Crippen LogP contribution in [-0.2, 0) is 7.80 Å². The van der Waals surface area contributed by atoms with Crippen molar-refractivity contribution in [3.05, 3.63) is 0 Å². The summed E-state index contributed by atoms with van der Waals surface area (Å²) in [5.41, 5.74) is -0.0318. The van der Waals surface area contributed by atoms with Gasteiger partial charge < -0.3 is 13.1 Å². The van der Waals surface area contributed by atoms with Crippen LogP contribution in [0.15, 0.2) is 0 Å². The second-order valence-corrected chi connectivity index (χ2v) is 5.81. The molecule has 0 aliphatic carbocycles. The van der Waals surface area contributed by atoms with Gasteiger partial charge >= 0.3 is 6.16 Å². The van der Waals surface area contributed by atoms with E-state index in [1.54, 1.807) is 0 Å². The summed E-state index contributed by atoms with van der Waals surface area (Å²) in [7, 11) is 0. The molecule has 15 heavy (non-hydrogen) atoms. The van der Waals surface area contributed by atoms with Crippen LogP contribution in [-0.4, -0.2) is 23.3 Å². The van der Waals surface area contributed by atoms with Crippen molar-refractivity contribution in [2.75, 3.05) is 0 Å². The Bertz CT molecular complexity index is 237. The van der Waals surface area contributed by atoms with Crippen LogP contribution in [0.2, 0.25) is 0 Å². The topological polar surface area (TPSA) is 47.6 Å². The summed E-state index contributed by atoms with van der Waals surface area (Å²) in [6.45, 7) is 8.44. The number of rotatable bonds is 1. The first-order chi connectivity index (χ1) is 6.74. The van der Waals surface area contributed by atoms with Gasteiger partial charge in [0.2, 0.25) is 0 Å². The Morgan fingerprint density at radius 3 is 2.13 bits per heavy atom. The lowest BCUT2D eigenvalue weighted by molar-refractivity contribution is 0.00527. The van der Waals surface area contributed by atoms with Crippen molar-refractivity contribution in [1.82, 2.24) is 5.32 Å². The Kier molecular flexibility index (Phi) is 3.86. The molecule has 1 rings (SSSR count). The van der Waals surface area contributed by atoms with Gasteiger partial charge in [-0.15, -0.1) is 0 Å². The zero-order valence-electron chi connectivity index (χ0n) is 9.59. The SMILES string of the molecule is CC1(C)CC(OC(=O)OI)CC(C)(C)N1. The summed E-state index contributed by atoms with van der Waals surface area (Å²) in [4.78, 5) is 11.0. The number of ether oxygens (including phenoxy) is 1. The van der Waals surface area contributed by atoms with Gasteiger partial charge in [-0.1, -0.05) is 0 Å². The summed E-state index contributed by atoms with van der Waals surface area (Å²) >= 11 is 1.54. The maximum absolute atomic E-state index is 11.0. The highest BCUT2D eigenvalue weighted by Crippen LogP contribution is 2.30. The predicted molar refractivity (Wildman–Crippen MR) is 65.9 cm³/mol. The summed E-state index contributed by atoms with van der Waals surface area (Å²) in [5, 5.41) is 3.52. The van der Waals surface area contributed by atoms with Crippen molar-refractivity contribution in [3.8, 4) is 0 Å². The molecular weight excluding hydrogens is 309 g/mol. The maximum atomic E-state index is 11.0. The minimum Gasteiger partial charge on any atom is -0.430 e. The van der Waals surface area contributed by atoms with E-state index in [1.165, 1.54) is 23.0 Å². The molecule has 0 aromatic heterocycles. The molecule has 0 atom stereocenters. The molecule has 0 bridgehead atoms. The number of carbonyl (C=O) groups excluding carboxylic acids is 1. The van der Waals surface area contributed by atoms with E-state index < -0.39 is 6.16 Å². The molecule has 1 fully saturated rings. The number of hydrogen-bond acceptors (Lipinski definition) is 4. The Morgan fingerprint density at radius 2 is 1.73 bits per heavy atom. The first kappa shape index (κ1) is 13.0. The van der Waals surface area contributed by atoms with Gasteiger partial charge in [0.1, 0.15) is 6.10 Å². The van der Waals surface area contributed by atoms with E-state index >= 15 is 0 Å². The molecule has 1 aliphatic heterocycles. The highest BCUT2D eigenvalue weighted by molar-refractivity contribution is 14.1. The Hall–Kier alpha value is -0.0400. The molecule has 0 radical (unpaired) electrons. The summed E-state index contributed by atoms with van der Waals surface area (Å²) in [6.07, 6.45) is 0.942. The average Bonchev–Trinajstić information content (AvgIpc) is 1.97. The van der Waals surface area contributed by atoms with Gasteiger partial charge in [-0.25, -0.2) is 4.79 Å². The van der Waals surface area contributed by atoms with Gasteiger partial charge in [0, 0.05) is 23.9 Å². The predicted octanol–water partition coefficient (Wildman–Crippen LogP) is 2.80. The lowest BCUT2D eigenvalue weighted by Gasteiger charge is -2.45. The van der Waals surface area contributed by atoms with Crippen LogP contribution in [0.1, 0.15) is 40.5 Å². The summed E-state index contributed by atoms with van der Waals surface area (Å²) < 4.78 is 9.68. The minimum absolute atomic E-state index is 0.0159. The van der Waals surface area contributed by atoms with Gasteiger partial charge in [-0.05, 0) is 27.7 Å². The highest BCUT2D eigenvalue weighted by Gasteiger charge is 2.39. The van der Waals surface area contributed by atoms with Crippen molar-refractivity contribution in [1.29, 1.82) is 0 Å². The van der Waals surface area contributed by atoms with Gasteiger partial charge in [0.05, 0.1) is 0 Å². The smallest absolute Gasteiger partial charge is 0.430 e. The zero-order valence-corrected chi connectivity index (χ0v) is 11.8. The quantitative estimate of drug-likeness (QED) is 0.594. The Balaban J connectivity index is 2.63. The van der Waals surface area contributed by atoms with Crippen molar-refractivity contribution in [3.63, 3.8) is 0 Å². The van der Waals surface area contributed by atoms with Crippen molar-refractivity contribution in [2.45, 2.75) is 57.7 Å². The van der Waals surface area contributed by atoms with E-state index in [0.29, 0.717) is 0 Å². The maximum Gasteiger partial charge on any atom is 0.518 e. The molecular formula is C10H18INO3. The van der Waals surface area contributed by atoms with Gasteiger partial charge in [0.15, 0.2) is 23.0 Å². The number of carbonyl (C=O) groups is 1. The third kappa shape index (κ3) is 4.14. The first-order valence-corrected chi connectivity index (χ1v) is 5.91. The van der Waals surface area contributed by atoms with E-state index in [2.05, 4.69) is 36.1 Å². The van der Waals surface area contributed by atoms with E-state index in [0.717, 1.165) is 12.8 Å². The van der Waals surface area contributed by atoms with Crippen LogP contribution in [0.5, 0.6) is 0 Å². The summed E-state index contributed by atoms with van der Waals surface area (Å²) in [6, 6.07) is 0. The molecule has 0 spiro atoms. The molecule has 4 nitrogen and oxygen atoms in total. The fourth-order valence-electron chi connectivity index (χ4n) is 2.47. The minimum atomic E-state index is -0.603. The van der Waals surface area contributed by atoms with Crippen molar-refractivity contribution in [2.24, 2.45) is 0 Å². The Morgan fingerprint density at radius 1 is 1.27 bits per heavy atom. The number of halogens is 1. The second-order valence-electron chi connectivity index (χ2n) is 5.37. The lowest BCUT2D eigenvalue weighted by Crippen LogP contribution is -2.59. The number of piperidine rings is 1. The number of hydrogen-bond donors (Lipinski definition) is 1. The molecule has 0 saturated carbocycles. The van der Waals surface area contributed by atoms with E-state index in [4.69, 9.17) is 4.74 Å². The molecule has 1 saturated heterocycles. The second kappa shape index (κ2) is 4.45. The van der Waals surface area contributed by atoms with Gasteiger partial charge in [-0.2, -0.15) is 0 Å². The molecule has 1 heterocycles. The molecule has 0 aromatic carbocycles. The normalized spacial score (nSPS) is 24.6. The van der Waals surface area contributed by atoms with E-state index in [1.807, 2.05) is 0 Å². The van der Waals surface area contributed by atoms with Crippen molar-refractivity contribution >= 4 is 29.2 Å². The largest absolute Gasteiger partial charge is 0.518 e. The monoisotopic (exact) mass is 327 g/mol.